The number of aromatic nitrogens is 1. The molecule has 0 fully saturated rings. The van der Waals surface area contributed by atoms with E-state index < -0.39 is 0 Å². The molecule has 3 aromatic rings. The van der Waals surface area contributed by atoms with Crippen LogP contribution in [0, 0.1) is 0 Å². The van der Waals surface area contributed by atoms with Crippen molar-refractivity contribution in [3.8, 4) is 11.5 Å². The normalized spacial score (nSPS) is 13.6. The van der Waals surface area contributed by atoms with E-state index in [1.807, 2.05) is 54.1 Å². The van der Waals surface area contributed by atoms with Crippen LogP contribution in [0.3, 0.4) is 0 Å². The van der Waals surface area contributed by atoms with Crippen molar-refractivity contribution in [1.29, 1.82) is 0 Å². The first-order chi connectivity index (χ1) is 11.7. The van der Waals surface area contributed by atoms with Gasteiger partial charge in [-0.2, -0.15) is 4.99 Å². The van der Waals surface area contributed by atoms with Crippen molar-refractivity contribution in [3.63, 3.8) is 0 Å². The van der Waals surface area contributed by atoms with Gasteiger partial charge in [0.25, 0.3) is 0 Å². The second kappa shape index (κ2) is 6.13. The SMILES string of the molecule is Cn1c(=NC(=O)CCc2ccccc2)sc2cc3c(cc21)OCO3. The van der Waals surface area contributed by atoms with Gasteiger partial charge < -0.3 is 14.0 Å². The van der Waals surface area contributed by atoms with Gasteiger partial charge in [0.05, 0.1) is 10.2 Å². The van der Waals surface area contributed by atoms with Crippen molar-refractivity contribution >= 4 is 27.5 Å². The van der Waals surface area contributed by atoms with Crippen molar-refractivity contribution < 1.29 is 14.3 Å². The Hall–Kier alpha value is -2.60. The smallest absolute Gasteiger partial charge is 0.248 e. The fourth-order valence-corrected chi connectivity index (χ4v) is 3.73. The Balaban J connectivity index is 1.60. The molecular formula is C18H16N2O3S. The van der Waals surface area contributed by atoms with Crippen LogP contribution in [0.5, 0.6) is 11.5 Å². The number of fused-ring (bicyclic) bond motifs is 2. The molecule has 2 heterocycles. The average molecular weight is 340 g/mol. The Morgan fingerprint density at radius 1 is 1.21 bits per heavy atom. The summed E-state index contributed by atoms with van der Waals surface area (Å²) in [6.07, 6.45) is 1.11. The van der Waals surface area contributed by atoms with Crippen LogP contribution >= 0.6 is 11.3 Å². The van der Waals surface area contributed by atoms with E-state index in [4.69, 9.17) is 9.47 Å². The van der Waals surface area contributed by atoms with E-state index in [-0.39, 0.29) is 12.7 Å². The minimum atomic E-state index is -0.110. The standard InChI is InChI=1S/C18H16N2O3S/c1-20-13-9-14-15(23-11-22-14)10-16(13)24-18(20)19-17(21)8-7-12-5-3-2-4-6-12/h2-6,9-10H,7-8,11H2,1H3. The highest BCUT2D eigenvalue weighted by Crippen LogP contribution is 2.36. The number of nitrogens with zero attached hydrogens (tertiary/aromatic N) is 2. The van der Waals surface area contributed by atoms with E-state index >= 15 is 0 Å². The molecule has 1 aromatic heterocycles. The molecule has 0 saturated heterocycles. The van der Waals surface area contributed by atoms with Crippen molar-refractivity contribution in [2.24, 2.45) is 12.0 Å². The molecule has 1 amide bonds. The third-order valence-electron chi connectivity index (χ3n) is 3.99. The highest BCUT2D eigenvalue weighted by molar-refractivity contribution is 7.16. The van der Waals surface area contributed by atoms with Crippen molar-refractivity contribution in [2.45, 2.75) is 12.8 Å². The van der Waals surface area contributed by atoms with Crippen molar-refractivity contribution in [2.75, 3.05) is 6.79 Å². The van der Waals surface area contributed by atoms with Crippen LogP contribution in [-0.4, -0.2) is 17.3 Å². The lowest BCUT2D eigenvalue weighted by Gasteiger charge is -1.99. The molecule has 0 bridgehead atoms. The largest absolute Gasteiger partial charge is 0.454 e. The number of hydrogen-bond donors (Lipinski definition) is 0. The zero-order valence-corrected chi connectivity index (χ0v) is 14.0. The maximum Gasteiger partial charge on any atom is 0.248 e. The van der Waals surface area contributed by atoms with Gasteiger partial charge in [0.1, 0.15) is 0 Å². The Morgan fingerprint density at radius 3 is 2.75 bits per heavy atom. The molecule has 0 aliphatic carbocycles. The predicted molar refractivity (Wildman–Crippen MR) is 92.3 cm³/mol. The van der Waals surface area contributed by atoms with Crippen LogP contribution in [0.25, 0.3) is 10.2 Å². The van der Waals surface area contributed by atoms with Crippen LogP contribution in [0.4, 0.5) is 0 Å². The Morgan fingerprint density at radius 2 is 1.96 bits per heavy atom. The van der Waals surface area contributed by atoms with Crippen LogP contribution < -0.4 is 14.3 Å². The van der Waals surface area contributed by atoms with Gasteiger partial charge in [-0.15, -0.1) is 0 Å². The van der Waals surface area contributed by atoms with Crippen LogP contribution in [0.15, 0.2) is 47.5 Å². The van der Waals surface area contributed by atoms with Crippen LogP contribution in [-0.2, 0) is 18.3 Å². The maximum absolute atomic E-state index is 12.2. The number of ether oxygens (including phenoxy) is 2. The number of amides is 1. The lowest BCUT2D eigenvalue weighted by Crippen LogP contribution is -2.13. The number of benzene rings is 2. The lowest BCUT2D eigenvalue weighted by atomic mass is 10.1. The molecule has 1 aliphatic rings. The van der Waals surface area contributed by atoms with Gasteiger partial charge in [0, 0.05) is 25.6 Å². The zero-order chi connectivity index (χ0) is 16.5. The maximum atomic E-state index is 12.2. The topological polar surface area (TPSA) is 52.8 Å². The molecule has 2 aromatic carbocycles. The minimum absolute atomic E-state index is 0.110. The summed E-state index contributed by atoms with van der Waals surface area (Å²) in [5.41, 5.74) is 2.13. The molecule has 5 nitrogen and oxygen atoms in total. The second-order valence-corrected chi connectivity index (χ2v) is 6.62. The summed E-state index contributed by atoms with van der Waals surface area (Å²) in [6, 6.07) is 13.8. The number of thiazole rings is 1. The lowest BCUT2D eigenvalue weighted by molar-refractivity contribution is -0.118. The van der Waals surface area contributed by atoms with Gasteiger partial charge in [-0.1, -0.05) is 41.7 Å². The van der Waals surface area contributed by atoms with Gasteiger partial charge in [-0.05, 0) is 12.0 Å². The fraction of sp³-hybridized carbons (Fsp3) is 0.222. The molecule has 0 atom stereocenters. The Labute approximate surface area is 142 Å². The highest BCUT2D eigenvalue weighted by atomic mass is 32.1. The van der Waals surface area contributed by atoms with Gasteiger partial charge in [0.15, 0.2) is 16.3 Å². The monoisotopic (exact) mass is 340 g/mol. The number of rotatable bonds is 3. The summed E-state index contributed by atoms with van der Waals surface area (Å²) in [5.74, 6) is 1.37. The molecule has 0 spiro atoms. The van der Waals surface area contributed by atoms with Crippen LogP contribution in [0.1, 0.15) is 12.0 Å². The summed E-state index contributed by atoms with van der Waals surface area (Å²) in [5, 5.41) is 0. The first-order valence-corrected chi connectivity index (χ1v) is 8.53. The fourth-order valence-electron chi connectivity index (χ4n) is 2.68. The van der Waals surface area contributed by atoms with E-state index in [1.54, 1.807) is 0 Å². The first kappa shape index (κ1) is 15.0. The van der Waals surface area contributed by atoms with E-state index in [9.17, 15) is 4.79 Å². The number of carbonyl (C=O) groups excluding carboxylic acids is 1. The van der Waals surface area contributed by atoms with Gasteiger partial charge in [0.2, 0.25) is 12.7 Å². The summed E-state index contributed by atoms with van der Waals surface area (Å²) < 4.78 is 13.8. The Bertz CT molecular complexity index is 973. The molecule has 0 N–H and O–H groups in total. The van der Waals surface area contributed by atoms with E-state index in [0.717, 1.165) is 27.3 Å². The molecule has 0 unspecified atom stereocenters. The molecule has 4 rings (SSSR count). The van der Waals surface area contributed by atoms with E-state index in [0.29, 0.717) is 17.6 Å². The summed E-state index contributed by atoms with van der Waals surface area (Å²) in [7, 11) is 1.91. The van der Waals surface area contributed by atoms with Crippen molar-refractivity contribution in [1.82, 2.24) is 4.57 Å². The molecule has 6 heteroatoms. The first-order valence-electron chi connectivity index (χ1n) is 7.71. The highest BCUT2D eigenvalue weighted by Gasteiger charge is 2.16. The molecule has 1 aliphatic heterocycles. The van der Waals surface area contributed by atoms with E-state index in [2.05, 4.69) is 4.99 Å². The molecule has 24 heavy (non-hydrogen) atoms. The molecule has 122 valence electrons. The summed E-state index contributed by atoms with van der Waals surface area (Å²) in [6.45, 7) is 0.255. The predicted octanol–water partition coefficient (Wildman–Crippen LogP) is 3.03. The van der Waals surface area contributed by atoms with Gasteiger partial charge >= 0.3 is 0 Å². The third-order valence-corrected chi connectivity index (χ3v) is 5.09. The van der Waals surface area contributed by atoms with Crippen LogP contribution in [0.2, 0.25) is 0 Å². The minimum Gasteiger partial charge on any atom is -0.454 e. The number of aryl methyl sites for hydroxylation is 2. The van der Waals surface area contributed by atoms with Gasteiger partial charge in [-0.25, -0.2) is 0 Å². The van der Waals surface area contributed by atoms with Gasteiger partial charge in [-0.3, -0.25) is 4.79 Å². The van der Waals surface area contributed by atoms with E-state index in [1.165, 1.54) is 11.3 Å². The molecular weight excluding hydrogens is 324 g/mol. The second-order valence-electron chi connectivity index (χ2n) is 5.61. The average Bonchev–Trinajstić information content (AvgIpc) is 3.17. The quantitative estimate of drug-likeness (QED) is 0.736. The number of carbonyl (C=O) groups is 1. The zero-order valence-electron chi connectivity index (χ0n) is 13.2. The van der Waals surface area contributed by atoms with Crippen molar-refractivity contribution in [3.05, 3.63) is 52.8 Å². The Kier molecular flexibility index (Phi) is 3.82. The summed E-state index contributed by atoms with van der Waals surface area (Å²) in [4.78, 5) is 17.2. The molecule has 0 saturated carbocycles. The molecule has 0 radical (unpaired) electrons. The number of hydrogen-bond acceptors (Lipinski definition) is 4. The summed E-state index contributed by atoms with van der Waals surface area (Å²) >= 11 is 1.48. The third kappa shape index (κ3) is 2.80.